The minimum Gasteiger partial charge on any atom is -0.495 e. The highest BCUT2D eigenvalue weighted by Crippen LogP contribution is 2.25. The molecule has 0 spiro atoms. The molecule has 212 valence electrons. The highest BCUT2D eigenvalue weighted by atomic mass is 32.2. The molecule has 0 saturated heterocycles. The van der Waals surface area contributed by atoms with E-state index < -0.39 is 16.7 Å². The normalized spacial score (nSPS) is 10.8. The van der Waals surface area contributed by atoms with Crippen molar-refractivity contribution in [3.8, 4) is 5.75 Å². The first-order valence-corrected chi connectivity index (χ1v) is 13.6. The number of anilines is 2. The second kappa shape index (κ2) is 14.3. The molecular formula is C31H26N4O6S. The molecule has 4 aromatic carbocycles. The Labute approximate surface area is 245 Å². The van der Waals surface area contributed by atoms with E-state index in [1.165, 1.54) is 43.1 Å². The van der Waals surface area contributed by atoms with Crippen molar-refractivity contribution < 1.29 is 24.0 Å². The van der Waals surface area contributed by atoms with Gasteiger partial charge in [0.05, 0.1) is 29.0 Å². The van der Waals surface area contributed by atoms with Crippen LogP contribution in [0.15, 0.2) is 114 Å². The van der Waals surface area contributed by atoms with Gasteiger partial charge in [0, 0.05) is 22.2 Å². The molecule has 0 bridgehead atoms. The van der Waals surface area contributed by atoms with Crippen LogP contribution in [0.2, 0.25) is 0 Å². The van der Waals surface area contributed by atoms with Crippen molar-refractivity contribution in [1.29, 1.82) is 0 Å². The molecule has 0 atom stereocenters. The van der Waals surface area contributed by atoms with Crippen LogP contribution in [-0.4, -0.2) is 35.5 Å². The minimum atomic E-state index is -0.672. The first-order chi connectivity index (χ1) is 20.3. The fourth-order valence-corrected chi connectivity index (χ4v) is 4.49. The van der Waals surface area contributed by atoms with Crippen LogP contribution < -0.4 is 20.7 Å². The highest BCUT2D eigenvalue weighted by molar-refractivity contribution is 8.00. The number of carbonyl (C=O) groups excluding carboxylic acids is 3. The van der Waals surface area contributed by atoms with Crippen LogP contribution in [0.1, 0.15) is 15.9 Å². The summed E-state index contributed by atoms with van der Waals surface area (Å²) in [7, 11) is 1.53. The zero-order valence-electron chi connectivity index (χ0n) is 22.4. The fraction of sp³-hybridized carbons (Fsp3) is 0.0645. The Kier molecular flexibility index (Phi) is 10.1. The van der Waals surface area contributed by atoms with E-state index in [2.05, 4.69) is 16.0 Å². The van der Waals surface area contributed by atoms with Gasteiger partial charge in [-0.05, 0) is 60.7 Å². The van der Waals surface area contributed by atoms with Gasteiger partial charge in [0.1, 0.15) is 11.4 Å². The second-order valence-electron chi connectivity index (χ2n) is 8.71. The predicted molar refractivity (Wildman–Crippen MR) is 162 cm³/mol. The van der Waals surface area contributed by atoms with Crippen molar-refractivity contribution in [2.24, 2.45) is 0 Å². The largest absolute Gasteiger partial charge is 0.495 e. The molecule has 0 unspecified atom stereocenters. The molecular weight excluding hydrogens is 556 g/mol. The molecule has 3 amide bonds. The number of amides is 3. The average molecular weight is 583 g/mol. The molecule has 11 heteroatoms. The maximum Gasteiger partial charge on any atom is 0.276 e. The molecule has 0 aromatic heterocycles. The molecule has 0 aliphatic carbocycles. The topological polar surface area (TPSA) is 140 Å². The minimum absolute atomic E-state index is 0.151. The van der Waals surface area contributed by atoms with E-state index in [1.54, 1.807) is 78.9 Å². The van der Waals surface area contributed by atoms with Crippen molar-refractivity contribution in [1.82, 2.24) is 5.32 Å². The molecule has 42 heavy (non-hydrogen) atoms. The van der Waals surface area contributed by atoms with Gasteiger partial charge in [-0.1, -0.05) is 42.5 Å². The van der Waals surface area contributed by atoms with Gasteiger partial charge in [-0.25, -0.2) is 0 Å². The molecule has 0 saturated carbocycles. The Balaban J connectivity index is 1.45. The van der Waals surface area contributed by atoms with Crippen LogP contribution in [0.25, 0.3) is 6.08 Å². The zero-order valence-corrected chi connectivity index (χ0v) is 23.2. The molecule has 0 heterocycles. The average Bonchev–Trinajstić information content (AvgIpc) is 3.01. The Bertz CT molecular complexity index is 1620. The summed E-state index contributed by atoms with van der Waals surface area (Å²) in [6.45, 7) is 0. The summed E-state index contributed by atoms with van der Waals surface area (Å²) in [5.41, 5.74) is 1.07. The summed E-state index contributed by atoms with van der Waals surface area (Å²) in [5, 5.41) is 19.6. The SMILES string of the molecule is COc1ccccc1NC(=O)CSc1ccc(NC(=O)/C(=C/c2ccccc2[N+](=O)[O-])NC(=O)c2ccccc2)cc1. The molecule has 4 aromatic rings. The Hall–Kier alpha value is -5.42. The lowest BCUT2D eigenvalue weighted by Crippen LogP contribution is -2.30. The summed E-state index contributed by atoms with van der Waals surface area (Å²) in [6.07, 6.45) is 1.26. The highest BCUT2D eigenvalue weighted by Gasteiger charge is 2.18. The number of hydrogen-bond donors (Lipinski definition) is 3. The molecule has 0 aliphatic rings. The number of thioether (sulfide) groups is 1. The number of rotatable bonds is 11. The summed E-state index contributed by atoms with van der Waals surface area (Å²) >= 11 is 1.31. The maximum atomic E-state index is 13.3. The Morgan fingerprint density at radius 1 is 0.857 bits per heavy atom. The third kappa shape index (κ3) is 8.05. The van der Waals surface area contributed by atoms with Gasteiger partial charge in [-0.3, -0.25) is 24.5 Å². The van der Waals surface area contributed by atoms with E-state index in [4.69, 9.17) is 4.74 Å². The van der Waals surface area contributed by atoms with Crippen LogP contribution >= 0.6 is 11.8 Å². The molecule has 3 N–H and O–H groups in total. The van der Waals surface area contributed by atoms with Crippen molar-refractivity contribution in [2.75, 3.05) is 23.5 Å². The smallest absolute Gasteiger partial charge is 0.276 e. The predicted octanol–water partition coefficient (Wildman–Crippen LogP) is 5.74. The number of nitro benzene ring substituents is 1. The van der Waals surface area contributed by atoms with E-state index in [0.29, 0.717) is 22.7 Å². The first kappa shape index (κ1) is 29.6. The molecule has 0 fully saturated rings. The van der Waals surface area contributed by atoms with Gasteiger partial charge in [0.15, 0.2) is 0 Å². The number of methoxy groups -OCH3 is 1. The number of para-hydroxylation sites is 3. The van der Waals surface area contributed by atoms with Crippen molar-refractivity contribution in [3.63, 3.8) is 0 Å². The maximum absolute atomic E-state index is 13.3. The number of benzene rings is 4. The van der Waals surface area contributed by atoms with E-state index >= 15 is 0 Å². The third-order valence-corrected chi connectivity index (χ3v) is 6.84. The van der Waals surface area contributed by atoms with E-state index in [0.717, 1.165) is 4.90 Å². The van der Waals surface area contributed by atoms with E-state index in [9.17, 15) is 24.5 Å². The van der Waals surface area contributed by atoms with Crippen LogP contribution in [0.5, 0.6) is 5.75 Å². The third-order valence-electron chi connectivity index (χ3n) is 5.83. The lowest BCUT2D eigenvalue weighted by atomic mass is 10.1. The van der Waals surface area contributed by atoms with Crippen molar-refractivity contribution >= 4 is 52.6 Å². The number of carbonyl (C=O) groups is 3. The Morgan fingerprint density at radius 2 is 1.52 bits per heavy atom. The number of nitrogens with zero attached hydrogens (tertiary/aromatic N) is 1. The van der Waals surface area contributed by atoms with Gasteiger partial charge >= 0.3 is 0 Å². The summed E-state index contributed by atoms with van der Waals surface area (Å²) in [5.74, 6) is -0.715. The summed E-state index contributed by atoms with van der Waals surface area (Å²) < 4.78 is 5.25. The zero-order chi connectivity index (χ0) is 29.9. The number of nitrogens with one attached hydrogen (secondary N) is 3. The monoisotopic (exact) mass is 582 g/mol. The van der Waals surface area contributed by atoms with Crippen molar-refractivity contribution in [2.45, 2.75) is 4.90 Å². The van der Waals surface area contributed by atoms with Gasteiger partial charge in [0.25, 0.3) is 17.5 Å². The fourth-order valence-electron chi connectivity index (χ4n) is 3.79. The van der Waals surface area contributed by atoms with Gasteiger partial charge < -0.3 is 20.7 Å². The lowest BCUT2D eigenvalue weighted by Gasteiger charge is -2.12. The van der Waals surface area contributed by atoms with Crippen LogP contribution in [0.4, 0.5) is 17.1 Å². The molecule has 4 rings (SSSR count). The van der Waals surface area contributed by atoms with Crippen LogP contribution in [0, 0.1) is 10.1 Å². The van der Waals surface area contributed by atoms with Gasteiger partial charge in [-0.15, -0.1) is 11.8 Å². The standard InChI is InChI=1S/C31H26N4O6S/c1-41-28-14-8-6-12-25(28)33-29(36)20-42-24-17-15-23(16-18-24)32-31(38)26(34-30(37)21-9-3-2-4-10-21)19-22-11-5-7-13-27(22)35(39)40/h2-19H,20H2,1H3,(H,32,38)(H,33,36)(H,34,37)/b26-19-. The van der Waals surface area contributed by atoms with Crippen LogP contribution in [-0.2, 0) is 9.59 Å². The molecule has 10 nitrogen and oxygen atoms in total. The first-order valence-electron chi connectivity index (χ1n) is 12.6. The van der Waals surface area contributed by atoms with E-state index in [1.807, 2.05) is 6.07 Å². The number of ether oxygens (including phenoxy) is 1. The number of hydrogen-bond acceptors (Lipinski definition) is 7. The lowest BCUT2D eigenvalue weighted by molar-refractivity contribution is -0.385. The molecule has 0 radical (unpaired) electrons. The quantitative estimate of drug-likeness (QED) is 0.0886. The summed E-state index contributed by atoms with van der Waals surface area (Å²) in [6, 6.07) is 28.1. The number of nitro groups is 1. The van der Waals surface area contributed by atoms with Crippen LogP contribution in [0.3, 0.4) is 0 Å². The van der Waals surface area contributed by atoms with E-state index in [-0.39, 0.29) is 28.6 Å². The van der Waals surface area contributed by atoms with Gasteiger partial charge in [0.2, 0.25) is 5.91 Å². The summed E-state index contributed by atoms with van der Waals surface area (Å²) in [4.78, 5) is 50.3. The second-order valence-corrected chi connectivity index (χ2v) is 9.76. The van der Waals surface area contributed by atoms with Gasteiger partial charge in [-0.2, -0.15) is 0 Å². The molecule has 0 aliphatic heterocycles. The van der Waals surface area contributed by atoms with Crippen molar-refractivity contribution in [3.05, 3.63) is 130 Å². The Morgan fingerprint density at radius 3 is 2.24 bits per heavy atom.